The summed E-state index contributed by atoms with van der Waals surface area (Å²) in [6.07, 6.45) is 5.06. The van der Waals surface area contributed by atoms with E-state index in [0.717, 1.165) is 58.3 Å². The first-order valence-corrected chi connectivity index (χ1v) is 10.3. The fourth-order valence-electron chi connectivity index (χ4n) is 4.18. The summed E-state index contributed by atoms with van der Waals surface area (Å²) in [7, 11) is 0. The first-order valence-electron chi connectivity index (χ1n) is 10.3. The van der Waals surface area contributed by atoms with Crippen LogP contribution in [0.1, 0.15) is 12.0 Å². The van der Waals surface area contributed by atoms with Crippen LogP contribution in [0.25, 0.3) is 50.3 Å². The maximum absolute atomic E-state index is 13.8. The monoisotopic (exact) mass is 410 g/mol. The number of hydrogen-bond acceptors (Lipinski definition) is 4. The predicted octanol–water partition coefficient (Wildman–Crippen LogP) is 4.68. The number of pyridine rings is 1. The van der Waals surface area contributed by atoms with Crippen LogP contribution < -0.4 is 5.32 Å². The van der Waals surface area contributed by atoms with Gasteiger partial charge in [0.2, 0.25) is 0 Å². The van der Waals surface area contributed by atoms with Crippen molar-refractivity contribution in [1.82, 2.24) is 30.5 Å². The molecule has 2 aromatic carbocycles. The molecule has 1 aliphatic rings. The highest BCUT2D eigenvalue weighted by Gasteiger charge is 2.17. The van der Waals surface area contributed by atoms with Crippen molar-refractivity contribution in [3.8, 4) is 22.6 Å². The van der Waals surface area contributed by atoms with Crippen LogP contribution in [0.4, 0.5) is 4.39 Å². The number of nitrogens with one attached hydrogen (secondary N) is 3. The van der Waals surface area contributed by atoms with Gasteiger partial charge in [-0.3, -0.25) is 5.10 Å². The number of benzene rings is 2. The van der Waals surface area contributed by atoms with Crippen LogP contribution in [-0.4, -0.2) is 38.2 Å². The van der Waals surface area contributed by atoms with Crippen LogP contribution >= 0.6 is 0 Å². The highest BCUT2D eigenvalue weighted by Crippen LogP contribution is 2.32. The minimum Gasteiger partial charge on any atom is -0.337 e. The summed E-state index contributed by atoms with van der Waals surface area (Å²) < 4.78 is 13.8. The molecule has 0 saturated heterocycles. The lowest BCUT2D eigenvalue weighted by atomic mass is 10.0. The van der Waals surface area contributed by atoms with Crippen LogP contribution in [0, 0.1) is 5.82 Å². The molecule has 0 unspecified atom stereocenters. The zero-order valence-corrected chi connectivity index (χ0v) is 16.6. The van der Waals surface area contributed by atoms with E-state index in [1.165, 1.54) is 17.7 Å². The van der Waals surface area contributed by atoms with Gasteiger partial charge in [0.15, 0.2) is 11.5 Å². The van der Waals surface area contributed by atoms with E-state index < -0.39 is 0 Å². The van der Waals surface area contributed by atoms with E-state index >= 15 is 0 Å². The van der Waals surface area contributed by atoms with Gasteiger partial charge in [0.05, 0.1) is 16.4 Å². The molecule has 5 aromatic rings. The smallest absolute Gasteiger partial charge is 0.181 e. The molecule has 1 aliphatic heterocycles. The average molecular weight is 410 g/mol. The third kappa shape index (κ3) is 3.10. The molecule has 6 rings (SSSR count). The fraction of sp³-hybridized carbons (Fsp3) is 0.125. The number of nitrogens with zero attached hydrogens (tertiary/aromatic N) is 3. The second-order valence-corrected chi connectivity index (χ2v) is 7.67. The molecule has 0 atom stereocenters. The number of rotatable bonds is 3. The molecule has 152 valence electrons. The van der Waals surface area contributed by atoms with Gasteiger partial charge in [0.1, 0.15) is 11.5 Å². The second-order valence-electron chi connectivity index (χ2n) is 7.67. The number of halogens is 1. The number of imidazole rings is 1. The van der Waals surface area contributed by atoms with E-state index in [4.69, 9.17) is 4.98 Å². The van der Waals surface area contributed by atoms with Crippen molar-refractivity contribution < 1.29 is 4.39 Å². The Labute approximate surface area is 177 Å². The first kappa shape index (κ1) is 18.0. The Kier molecular flexibility index (Phi) is 4.14. The fourth-order valence-corrected chi connectivity index (χ4v) is 4.18. The minimum absolute atomic E-state index is 0.268. The lowest BCUT2D eigenvalue weighted by molar-refractivity contribution is 0.628. The van der Waals surface area contributed by atoms with E-state index in [2.05, 4.69) is 37.6 Å². The number of hydrogen-bond donors (Lipinski definition) is 3. The molecule has 0 aliphatic carbocycles. The molecular weight excluding hydrogens is 391 g/mol. The molecule has 3 aromatic heterocycles. The van der Waals surface area contributed by atoms with Gasteiger partial charge < -0.3 is 10.3 Å². The number of H-pyrrole nitrogens is 2. The molecule has 3 N–H and O–H groups in total. The quantitative estimate of drug-likeness (QED) is 0.403. The first-order chi connectivity index (χ1) is 15.3. The van der Waals surface area contributed by atoms with E-state index in [9.17, 15) is 4.39 Å². The van der Waals surface area contributed by atoms with Gasteiger partial charge >= 0.3 is 0 Å². The molecule has 0 amide bonds. The summed E-state index contributed by atoms with van der Waals surface area (Å²) in [5.41, 5.74) is 7.17. The SMILES string of the molecule is Fc1cccc(-c2cccc3[nH]c(-c4[nH]nc5ncc(C6=CCNCC6)cc45)nc23)c1. The molecule has 0 fully saturated rings. The van der Waals surface area contributed by atoms with E-state index in [-0.39, 0.29) is 5.82 Å². The van der Waals surface area contributed by atoms with Gasteiger partial charge in [-0.25, -0.2) is 14.4 Å². The van der Waals surface area contributed by atoms with Crippen LogP contribution in [0.5, 0.6) is 0 Å². The molecular formula is C24H19FN6. The van der Waals surface area contributed by atoms with Crippen molar-refractivity contribution in [3.63, 3.8) is 0 Å². The summed E-state index contributed by atoms with van der Waals surface area (Å²) >= 11 is 0. The molecule has 31 heavy (non-hydrogen) atoms. The molecule has 7 heteroatoms. The lowest BCUT2D eigenvalue weighted by Gasteiger charge is -2.13. The topological polar surface area (TPSA) is 82.3 Å². The Balaban J connectivity index is 1.49. The van der Waals surface area contributed by atoms with Gasteiger partial charge in [0, 0.05) is 18.3 Å². The second kappa shape index (κ2) is 7.14. The molecule has 0 bridgehead atoms. The van der Waals surface area contributed by atoms with Gasteiger partial charge in [-0.1, -0.05) is 30.3 Å². The lowest BCUT2D eigenvalue weighted by Crippen LogP contribution is -2.20. The third-order valence-corrected chi connectivity index (χ3v) is 5.73. The Morgan fingerprint density at radius 2 is 1.94 bits per heavy atom. The van der Waals surface area contributed by atoms with Crippen molar-refractivity contribution in [2.45, 2.75) is 6.42 Å². The zero-order valence-electron chi connectivity index (χ0n) is 16.6. The molecule has 0 spiro atoms. The highest BCUT2D eigenvalue weighted by atomic mass is 19.1. The Hall–Kier alpha value is -3.84. The Morgan fingerprint density at radius 3 is 2.81 bits per heavy atom. The van der Waals surface area contributed by atoms with E-state index in [0.29, 0.717) is 11.5 Å². The summed E-state index contributed by atoms with van der Waals surface area (Å²) in [5.74, 6) is 0.412. The maximum Gasteiger partial charge on any atom is 0.181 e. The molecule has 4 heterocycles. The summed E-state index contributed by atoms with van der Waals surface area (Å²) in [6, 6.07) is 14.6. The number of aromatic amines is 2. The van der Waals surface area contributed by atoms with Crippen molar-refractivity contribution in [1.29, 1.82) is 0 Å². The predicted molar refractivity (Wildman–Crippen MR) is 120 cm³/mol. The third-order valence-electron chi connectivity index (χ3n) is 5.73. The summed E-state index contributed by atoms with van der Waals surface area (Å²) in [6.45, 7) is 1.84. The van der Waals surface area contributed by atoms with Crippen LogP contribution in [0.3, 0.4) is 0 Å². The van der Waals surface area contributed by atoms with Crippen molar-refractivity contribution in [2.24, 2.45) is 0 Å². The molecule has 0 saturated carbocycles. The van der Waals surface area contributed by atoms with E-state index in [1.807, 2.05) is 30.5 Å². The number of aromatic nitrogens is 5. The van der Waals surface area contributed by atoms with Gasteiger partial charge in [0.25, 0.3) is 0 Å². The van der Waals surface area contributed by atoms with Crippen molar-refractivity contribution in [3.05, 3.63) is 72.2 Å². The average Bonchev–Trinajstić information content (AvgIpc) is 3.43. The van der Waals surface area contributed by atoms with Crippen LogP contribution in [0.15, 0.2) is 60.8 Å². The molecule has 6 nitrogen and oxygen atoms in total. The molecule has 0 radical (unpaired) electrons. The Bertz CT molecular complexity index is 1460. The van der Waals surface area contributed by atoms with Gasteiger partial charge in [-0.05, 0) is 53.9 Å². The Morgan fingerprint density at radius 1 is 1.00 bits per heavy atom. The van der Waals surface area contributed by atoms with Gasteiger partial charge in [-0.2, -0.15) is 5.10 Å². The maximum atomic E-state index is 13.8. The summed E-state index contributed by atoms with van der Waals surface area (Å²) in [5, 5.41) is 11.7. The van der Waals surface area contributed by atoms with Crippen molar-refractivity contribution in [2.75, 3.05) is 13.1 Å². The van der Waals surface area contributed by atoms with Gasteiger partial charge in [-0.15, -0.1) is 0 Å². The standard InChI is InChI=1S/C24H19FN6/c25-17-4-1-3-15(11-17)18-5-2-6-20-21(18)29-24(28-20)22-19-12-16(13-27-23(19)31-30-22)14-7-9-26-10-8-14/h1-7,11-13,26H,8-10H2,(H,28,29)(H,27,30,31). The van der Waals surface area contributed by atoms with Crippen molar-refractivity contribution >= 4 is 27.6 Å². The summed E-state index contributed by atoms with van der Waals surface area (Å²) in [4.78, 5) is 12.8. The normalized spacial score (nSPS) is 14.3. The van der Waals surface area contributed by atoms with Crippen LogP contribution in [-0.2, 0) is 0 Å². The zero-order chi connectivity index (χ0) is 20.8. The van der Waals surface area contributed by atoms with Crippen LogP contribution in [0.2, 0.25) is 0 Å². The van der Waals surface area contributed by atoms with E-state index in [1.54, 1.807) is 6.07 Å². The number of fused-ring (bicyclic) bond motifs is 2. The number of para-hydroxylation sites is 1. The minimum atomic E-state index is -0.268. The largest absolute Gasteiger partial charge is 0.337 e. The highest BCUT2D eigenvalue weighted by molar-refractivity contribution is 5.97.